The van der Waals surface area contributed by atoms with Crippen molar-refractivity contribution in [3.63, 3.8) is 0 Å². The number of hydrogen-bond donors (Lipinski definition) is 1. The van der Waals surface area contributed by atoms with E-state index in [9.17, 15) is 18.0 Å². The Balaban J connectivity index is 1.73. The Kier molecular flexibility index (Phi) is 6.36. The summed E-state index contributed by atoms with van der Waals surface area (Å²) in [4.78, 5) is 16.8. The predicted molar refractivity (Wildman–Crippen MR) is 112 cm³/mol. The lowest BCUT2D eigenvalue weighted by atomic mass is 9.99. The molecule has 0 bridgehead atoms. The van der Waals surface area contributed by atoms with E-state index in [1.807, 2.05) is 6.08 Å². The number of alkyl halides is 3. The van der Waals surface area contributed by atoms with Gasteiger partial charge in [-0.05, 0) is 37.0 Å². The first-order valence-corrected chi connectivity index (χ1v) is 10.3. The number of methoxy groups -OCH3 is 1. The van der Waals surface area contributed by atoms with E-state index in [1.165, 1.54) is 13.3 Å². The zero-order valence-corrected chi connectivity index (χ0v) is 17.5. The van der Waals surface area contributed by atoms with Crippen molar-refractivity contribution in [2.24, 2.45) is 0 Å². The van der Waals surface area contributed by atoms with Gasteiger partial charge in [0.2, 0.25) is 0 Å². The van der Waals surface area contributed by atoms with Crippen LogP contribution in [0.1, 0.15) is 46.8 Å². The molecule has 1 N–H and O–H groups in total. The van der Waals surface area contributed by atoms with Crippen LogP contribution in [0.5, 0.6) is 5.75 Å². The molecule has 1 aromatic heterocycles. The van der Waals surface area contributed by atoms with Gasteiger partial charge in [-0.2, -0.15) is 13.2 Å². The Morgan fingerprint density at radius 2 is 2.09 bits per heavy atom. The number of hydrogen-bond acceptors (Lipinski definition) is 6. The molecule has 0 amide bonds. The molecule has 4 rings (SSSR count). The summed E-state index contributed by atoms with van der Waals surface area (Å²) in [6.07, 6.45) is 1.41. The molecule has 170 valence electrons. The van der Waals surface area contributed by atoms with Gasteiger partial charge in [0.05, 0.1) is 43.5 Å². The smallest absolute Gasteiger partial charge is 0.422 e. The fourth-order valence-electron chi connectivity index (χ4n) is 3.57. The Morgan fingerprint density at radius 3 is 2.75 bits per heavy atom. The van der Waals surface area contributed by atoms with Gasteiger partial charge in [0.1, 0.15) is 0 Å². The van der Waals surface area contributed by atoms with E-state index in [-0.39, 0.29) is 11.3 Å². The zero-order chi connectivity index (χ0) is 22.7. The number of ether oxygens (including phenoxy) is 3. The summed E-state index contributed by atoms with van der Waals surface area (Å²) in [7, 11) is 1.28. The van der Waals surface area contributed by atoms with Gasteiger partial charge >= 0.3 is 12.1 Å². The van der Waals surface area contributed by atoms with E-state index in [2.05, 4.69) is 10.3 Å². The normalized spacial score (nSPS) is 16.3. The number of benzene rings is 1. The van der Waals surface area contributed by atoms with Crippen molar-refractivity contribution in [1.29, 1.82) is 0 Å². The number of aromatic nitrogens is 1. The first-order chi connectivity index (χ1) is 15.4. The van der Waals surface area contributed by atoms with Crippen LogP contribution in [0.25, 0.3) is 5.57 Å². The van der Waals surface area contributed by atoms with Crippen LogP contribution < -0.4 is 10.1 Å². The number of carbonyl (C=O) groups excluding carboxylic acids is 1. The van der Waals surface area contributed by atoms with E-state index in [4.69, 9.17) is 14.2 Å². The Bertz CT molecular complexity index is 1030. The molecule has 2 aliphatic rings. The topological polar surface area (TPSA) is 69.7 Å². The maximum absolute atomic E-state index is 13.0. The molecular weight excluding hydrogens is 425 g/mol. The third kappa shape index (κ3) is 5.21. The third-order valence-corrected chi connectivity index (χ3v) is 5.30. The number of nitrogens with one attached hydrogen (secondary N) is 1. The lowest BCUT2D eigenvalue weighted by Crippen LogP contribution is -2.20. The van der Waals surface area contributed by atoms with Crippen molar-refractivity contribution in [2.75, 3.05) is 32.2 Å². The second-order valence-corrected chi connectivity index (χ2v) is 7.69. The van der Waals surface area contributed by atoms with Crippen molar-refractivity contribution >= 4 is 22.9 Å². The quantitative estimate of drug-likeness (QED) is 0.585. The number of carbonyl (C=O) groups is 1. The molecule has 0 atom stereocenters. The minimum Gasteiger partial charge on any atom is -0.481 e. The highest BCUT2D eigenvalue weighted by Gasteiger charge is 2.30. The van der Waals surface area contributed by atoms with Gasteiger partial charge in [-0.1, -0.05) is 18.2 Å². The van der Waals surface area contributed by atoms with Crippen molar-refractivity contribution in [3.05, 3.63) is 53.4 Å². The van der Waals surface area contributed by atoms with Gasteiger partial charge in [-0.3, -0.25) is 4.98 Å². The molecule has 32 heavy (non-hydrogen) atoms. The van der Waals surface area contributed by atoms with E-state index in [0.717, 1.165) is 24.1 Å². The van der Waals surface area contributed by atoms with Gasteiger partial charge in [-0.25, -0.2) is 4.79 Å². The maximum atomic E-state index is 13.0. The average molecular weight is 448 g/mol. The molecule has 1 aliphatic heterocycles. The lowest BCUT2D eigenvalue weighted by Gasteiger charge is -2.21. The van der Waals surface area contributed by atoms with Gasteiger partial charge < -0.3 is 19.5 Å². The van der Waals surface area contributed by atoms with Crippen LogP contribution >= 0.6 is 0 Å². The standard InChI is InChI=1S/C23H23F3N2O4/c1-30-22(29)17-11-19(15-5-6-15)27-12-20(17)28-18-4-2-3-16(14-7-9-31-10-8-14)21(18)32-13-23(24,25)26/h2-4,7,11-12,15,28H,5-6,8-10,13H2,1H3. The Hall–Kier alpha value is -3.07. The van der Waals surface area contributed by atoms with Crippen molar-refractivity contribution in [2.45, 2.75) is 31.4 Å². The van der Waals surface area contributed by atoms with Crippen molar-refractivity contribution < 1.29 is 32.2 Å². The number of esters is 1. The van der Waals surface area contributed by atoms with E-state index >= 15 is 0 Å². The predicted octanol–water partition coefficient (Wildman–Crippen LogP) is 5.23. The first-order valence-electron chi connectivity index (χ1n) is 10.3. The fourth-order valence-corrected chi connectivity index (χ4v) is 3.57. The fraction of sp³-hybridized carbons (Fsp3) is 0.391. The summed E-state index contributed by atoms with van der Waals surface area (Å²) in [5.41, 5.74) is 3.08. The molecule has 2 aromatic rings. The van der Waals surface area contributed by atoms with Crippen LogP contribution in [-0.2, 0) is 9.47 Å². The second-order valence-electron chi connectivity index (χ2n) is 7.69. The highest BCUT2D eigenvalue weighted by atomic mass is 19.4. The molecule has 6 nitrogen and oxygen atoms in total. The highest BCUT2D eigenvalue weighted by Crippen LogP contribution is 2.41. The molecule has 2 heterocycles. The minimum atomic E-state index is -4.50. The van der Waals surface area contributed by atoms with Crippen molar-refractivity contribution in [3.8, 4) is 5.75 Å². The van der Waals surface area contributed by atoms with E-state index < -0.39 is 18.8 Å². The van der Waals surface area contributed by atoms with Crippen molar-refractivity contribution in [1.82, 2.24) is 4.98 Å². The molecule has 1 aliphatic carbocycles. The van der Waals surface area contributed by atoms with Crippen LogP contribution in [0.4, 0.5) is 24.5 Å². The van der Waals surface area contributed by atoms with Gasteiger partial charge in [0.25, 0.3) is 0 Å². The van der Waals surface area contributed by atoms with Crippen LogP contribution in [0.2, 0.25) is 0 Å². The lowest BCUT2D eigenvalue weighted by molar-refractivity contribution is -0.153. The number of pyridine rings is 1. The number of nitrogens with zero attached hydrogens (tertiary/aromatic N) is 1. The first kappa shape index (κ1) is 22.1. The molecule has 0 unspecified atom stereocenters. The van der Waals surface area contributed by atoms with E-state index in [0.29, 0.717) is 42.5 Å². The summed E-state index contributed by atoms with van der Waals surface area (Å²) < 4.78 is 54.4. The summed E-state index contributed by atoms with van der Waals surface area (Å²) in [5, 5.41) is 3.04. The molecular formula is C23H23F3N2O4. The molecule has 0 saturated heterocycles. The van der Waals surface area contributed by atoms with Gasteiger partial charge in [0.15, 0.2) is 12.4 Å². The third-order valence-electron chi connectivity index (χ3n) is 5.30. The minimum absolute atomic E-state index is 0.0556. The molecule has 0 radical (unpaired) electrons. The van der Waals surface area contributed by atoms with Gasteiger partial charge in [-0.15, -0.1) is 0 Å². The Labute approximate surface area is 183 Å². The largest absolute Gasteiger partial charge is 0.481 e. The summed E-state index contributed by atoms with van der Waals surface area (Å²) in [6.45, 7) is -0.586. The summed E-state index contributed by atoms with van der Waals surface area (Å²) in [6, 6.07) is 6.71. The Morgan fingerprint density at radius 1 is 1.28 bits per heavy atom. The van der Waals surface area contributed by atoms with Crippen LogP contribution in [-0.4, -0.2) is 44.1 Å². The highest BCUT2D eigenvalue weighted by molar-refractivity contribution is 5.97. The monoisotopic (exact) mass is 448 g/mol. The number of anilines is 2. The summed E-state index contributed by atoms with van der Waals surface area (Å²) >= 11 is 0. The average Bonchev–Trinajstić information content (AvgIpc) is 3.63. The molecule has 0 spiro atoms. The zero-order valence-electron chi connectivity index (χ0n) is 17.5. The molecule has 9 heteroatoms. The molecule has 1 saturated carbocycles. The van der Waals surface area contributed by atoms with E-state index in [1.54, 1.807) is 24.3 Å². The van der Waals surface area contributed by atoms with Crippen LogP contribution in [0.3, 0.4) is 0 Å². The second kappa shape index (κ2) is 9.20. The molecule has 1 aromatic carbocycles. The van der Waals surface area contributed by atoms with Gasteiger partial charge in [0, 0.05) is 17.2 Å². The SMILES string of the molecule is COC(=O)c1cc(C2CC2)ncc1Nc1cccc(C2=CCOCC2)c1OCC(F)(F)F. The maximum Gasteiger partial charge on any atom is 0.422 e. The number of para-hydroxylation sites is 1. The molecule has 1 fully saturated rings. The summed E-state index contributed by atoms with van der Waals surface area (Å²) in [5.74, 6) is -0.181. The van der Waals surface area contributed by atoms with Crippen LogP contribution in [0.15, 0.2) is 36.5 Å². The van der Waals surface area contributed by atoms with Crippen LogP contribution in [0, 0.1) is 0 Å². The number of rotatable bonds is 7. The number of halogens is 3.